The number of rotatable bonds is 6. The summed E-state index contributed by atoms with van der Waals surface area (Å²) in [7, 11) is 2.94. The van der Waals surface area contributed by atoms with Gasteiger partial charge >= 0.3 is 0 Å². The van der Waals surface area contributed by atoms with Crippen LogP contribution in [0, 0.1) is 0 Å². The van der Waals surface area contributed by atoms with E-state index in [1.807, 2.05) is 6.07 Å². The zero-order valence-electron chi connectivity index (χ0n) is 15.9. The molecule has 7 nitrogen and oxygen atoms in total. The number of aliphatic hydroxyl groups excluding tert-OH is 2. The largest absolute Gasteiger partial charge is 0.504 e. The molecule has 4 N–H and O–H groups in total. The maximum absolute atomic E-state index is 10.4. The van der Waals surface area contributed by atoms with E-state index in [9.17, 15) is 20.4 Å². The molecule has 7 heteroatoms. The van der Waals surface area contributed by atoms with E-state index in [-0.39, 0.29) is 23.4 Å². The minimum Gasteiger partial charge on any atom is -0.504 e. The number of aryl methyl sites for hydroxylation is 1. The van der Waals surface area contributed by atoms with Gasteiger partial charge in [0.25, 0.3) is 0 Å². The number of ether oxygens (including phenoxy) is 3. The molecule has 0 aliphatic carbocycles. The quantitative estimate of drug-likeness (QED) is 0.599. The fourth-order valence-electron chi connectivity index (χ4n) is 3.49. The van der Waals surface area contributed by atoms with Gasteiger partial charge in [0, 0.05) is 6.42 Å². The molecule has 0 saturated carbocycles. The molecular weight excluding hydrogens is 364 g/mol. The lowest BCUT2D eigenvalue weighted by atomic mass is 9.91. The highest BCUT2D eigenvalue weighted by Crippen LogP contribution is 2.37. The summed E-state index contributed by atoms with van der Waals surface area (Å²) in [6, 6.07) is 9.89. The summed E-state index contributed by atoms with van der Waals surface area (Å²) in [5.41, 5.74) is 1.60. The van der Waals surface area contributed by atoms with E-state index in [0.717, 1.165) is 5.56 Å². The maximum Gasteiger partial charge on any atom is 0.160 e. The van der Waals surface area contributed by atoms with E-state index in [1.54, 1.807) is 24.3 Å². The lowest BCUT2D eigenvalue weighted by molar-refractivity contribution is -0.172. The van der Waals surface area contributed by atoms with Gasteiger partial charge in [-0.3, -0.25) is 0 Å². The summed E-state index contributed by atoms with van der Waals surface area (Å²) in [6.07, 6.45) is -1.36. The van der Waals surface area contributed by atoms with Gasteiger partial charge in [0.15, 0.2) is 23.0 Å². The number of methoxy groups -OCH3 is 2. The van der Waals surface area contributed by atoms with Gasteiger partial charge in [-0.2, -0.15) is 0 Å². The molecule has 1 fully saturated rings. The number of aromatic hydroxyl groups is 2. The van der Waals surface area contributed by atoms with Gasteiger partial charge in [-0.25, -0.2) is 0 Å². The number of benzene rings is 2. The first-order valence-corrected chi connectivity index (χ1v) is 9.17. The minimum absolute atomic E-state index is 0.00470. The Labute approximate surface area is 163 Å². The second-order valence-corrected chi connectivity index (χ2v) is 6.95. The molecular formula is C21H26O7. The molecule has 0 unspecified atom stereocenters. The fraction of sp³-hybridized carbons (Fsp3) is 0.429. The maximum atomic E-state index is 10.4. The van der Waals surface area contributed by atoms with Crippen molar-refractivity contribution in [3.63, 3.8) is 0 Å². The molecule has 1 heterocycles. The second-order valence-electron chi connectivity index (χ2n) is 6.95. The van der Waals surface area contributed by atoms with E-state index in [4.69, 9.17) is 14.2 Å². The van der Waals surface area contributed by atoms with E-state index >= 15 is 0 Å². The Kier molecular flexibility index (Phi) is 6.28. The third-order valence-electron chi connectivity index (χ3n) is 5.08. The third kappa shape index (κ3) is 4.32. The van der Waals surface area contributed by atoms with E-state index < -0.39 is 18.3 Å². The second kappa shape index (κ2) is 8.68. The van der Waals surface area contributed by atoms with Gasteiger partial charge in [0.2, 0.25) is 0 Å². The highest BCUT2D eigenvalue weighted by atomic mass is 16.5. The van der Waals surface area contributed by atoms with Crippen LogP contribution in [0.15, 0.2) is 36.4 Å². The van der Waals surface area contributed by atoms with Crippen molar-refractivity contribution in [2.45, 2.75) is 43.7 Å². The zero-order valence-corrected chi connectivity index (χ0v) is 15.9. The number of hydrogen-bond donors (Lipinski definition) is 4. The van der Waals surface area contributed by atoms with Crippen LogP contribution in [0.4, 0.5) is 0 Å². The third-order valence-corrected chi connectivity index (χ3v) is 5.08. The molecule has 3 rings (SSSR count). The summed E-state index contributed by atoms with van der Waals surface area (Å²) in [5, 5.41) is 40.2. The van der Waals surface area contributed by atoms with Gasteiger partial charge in [0.1, 0.15) is 12.2 Å². The fourth-order valence-corrected chi connectivity index (χ4v) is 3.49. The van der Waals surface area contributed by atoms with Gasteiger partial charge in [-0.05, 0) is 48.2 Å². The molecule has 1 aliphatic rings. The van der Waals surface area contributed by atoms with Crippen molar-refractivity contribution in [1.82, 2.24) is 0 Å². The standard InChI is InChI=1S/C21H26O7/c1-26-18-9-12(4-7-15(18)22)3-6-14-11-17(24)20(25)21(28-14)13-5-8-16(23)19(10-13)27-2/h4-5,7-10,14,17,20-25H,3,6,11H2,1-2H3/t14-,17-,20-,21+/m0/s1. The van der Waals surface area contributed by atoms with Crippen LogP contribution < -0.4 is 9.47 Å². The molecule has 4 atom stereocenters. The van der Waals surface area contributed by atoms with Gasteiger partial charge < -0.3 is 34.6 Å². The molecule has 2 aromatic carbocycles. The van der Waals surface area contributed by atoms with Crippen molar-refractivity contribution in [2.24, 2.45) is 0 Å². The molecule has 0 amide bonds. The average Bonchev–Trinajstić information content (AvgIpc) is 2.70. The average molecular weight is 390 g/mol. The molecule has 1 aliphatic heterocycles. The van der Waals surface area contributed by atoms with Gasteiger partial charge in [-0.15, -0.1) is 0 Å². The Bertz CT molecular complexity index is 807. The summed E-state index contributed by atoms with van der Waals surface area (Å²) < 4.78 is 16.3. The minimum atomic E-state index is -1.07. The number of hydrogen-bond acceptors (Lipinski definition) is 7. The smallest absolute Gasteiger partial charge is 0.160 e. The number of aliphatic hydroxyl groups is 2. The highest BCUT2D eigenvalue weighted by Gasteiger charge is 2.37. The van der Waals surface area contributed by atoms with Crippen molar-refractivity contribution in [3.8, 4) is 23.0 Å². The Morgan fingerprint density at radius 2 is 1.61 bits per heavy atom. The van der Waals surface area contributed by atoms with Crippen LogP contribution >= 0.6 is 0 Å². The van der Waals surface area contributed by atoms with Crippen molar-refractivity contribution in [3.05, 3.63) is 47.5 Å². The number of phenolic OH excluding ortho intramolecular Hbond substituents is 2. The zero-order chi connectivity index (χ0) is 20.3. The first-order valence-electron chi connectivity index (χ1n) is 9.17. The Balaban J connectivity index is 1.71. The topological polar surface area (TPSA) is 109 Å². The predicted octanol–water partition coefficient (Wildman–Crippen LogP) is 2.30. The highest BCUT2D eigenvalue weighted by molar-refractivity contribution is 5.43. The Hall–Kier alpha value is -2.48. The lowest BCUT2D eigenvalue weighted by Gasteiger charge is -2.37. The van der Waals surface area contributed by atoms with Crippen LogP contribution in [0.1, 0.15) is 30.1 Å². The van der Waals surface area contributed by atoms with Crippen molar-refractivity contribution >= 4 is 0 Å². The summed E-state index contributed by atoms with van der Waals surface area (Å²) in [4.78, 5) is 0. The molecule has 1 saturated heterocycles. The van der Waals surface area contributed by atoms with Crippen LogP contribution in [0.25, 0.3) is 0 Å². The summed E-state index contributed by atoms with van der Waals surface area (Å²) >= 11 is 0. The van der Waals surface area contributed by atoms with Crippen LogP contribution in [-0.4, -0.2) is 53.0 Å². The van der Waals surface area contributed by atoms with E-state index in [0.29, 0.717) is 30.6 Å². The van der Waals surface area contributed by atoms with Crippen LogP contribution in [0.3, 0.4) is 0 Å². The molecule has 0 spiro atoms. The SMILES string of the molecule is COc1cc(CC[C@H]2C[C@H](O)[C@H](O)[C@@H](c3ccc(O)c(OC)c3)O2)ccc1O. The van der Waals surface area contributed by atoms with Crippen molar-refractivity contribution < 1.29 is 34.6 Å². The van der Waals surface area contributed by atoms with Crippen molar-refractivity contribution in [2.75, 3.05) is 14.2 Å². The molecule has 0 radical (unpaired) electrons. The van der Waals surface area contributed by atoms with Crippen LogP contribution in [0.2, 0.25) is 0 Å². The monoisotopic (exact) mass is 390 g/mol. The Morgan fingerprint density at radius 3 is 2.29 bits per heavy atom. The molecule has 28 heavy (non-hydrogen) atoms. The van der Waals surface area contributed by atoms with Gasteiger partial charge in [-0.1, -0.05) is 12.1 Å². The van der Waals surface area contributed by atoms with E-state index in [2.05, 4.69) is 0 Å². The Morgan fingerprint density at radius 1 is 0.964 bits per heavy atom. The normalized spacial score (nSPS) is 24.7. The molecule has 152 valence electrons. The van der Waals surface area contributed by atoms with Gasteiger partial charge in [0.05, 0.1) is 26.4 Å². The summed E-state index contributed by atoms with van der Waals surface area (Å²) in [6.45, 7) is 0. The lowest BCUT2D eigenvalue weighted by Crippen LogP contribution is -2.43. The summed E-state index contributed by atoms with van der Waals surface area (Å²) in [5.74, 6) is 0.766. The van der Waals surface area contributed by atoms with Crippen LogP contribution in [-0.2, 0) is 11.2 Å². The first-order chi connectivity index (χ1) is 13.4. The molecule has 0 aromatic heterocycles. The predicted molar refractivity (Wildman–Crippen MR) is 102 cm³/mol. The van der Waals surface area contributed by atoms with Crippen molar-refractivity contribution in [1.29, 1.82) is 0 Å². The number of phenols is 2. The molecule has 0 bridgehead atoms. The first kappa shape index (κ1) is 20.3. The van der Waals surface area contributed by atoms with Crippen LogP contribution in [0.5, 0.6) is 23.0 Å². The van der Waals surface area contributed by atoms with E-state index in [1.165, 1.54) is 20.3 Å². The molecule has 2 aromatic rings.